The first-order chi connectivity index (χ1) is 12.2. The van der Waals surface area contributed by atoms with Crippen LogP contribution in [0.4, 0.5) is 10.5 Å². The molecule has 0 aliphatic rings. The van der Waals surface area contributed by atoms with Crippen LogP contribution in [0.15, 0.2) is 85.1 Å². The standard InChI is InChI=1S/C19H15N3O3/c23-18(15-9-3-1-4-10-15)21-19(24)22(16-11-5-2-6-12-16)25-17-13-7-8-14-20-17/h1-14H,(H,21,23,24). The number of benzene rings is 2. The van der Waals surface area contributed by atoms with Gasteiger partial charge in [-0.3, -0.25) is 10.1 Å². The molecule has 2 aromatic carbocycles. The third-order valence-electron chi connectivity index (χ3n) is 3.25. The first kappa shape index (κ1) is 16.2. The van der Waals surface area contributed by atoms with E-state index >= 15 is 0 Å². The van der Waals surface area contributed by atoms with Gasteiger partial charge in [0.15, 0.2) is 0 Å². The number of urea groups is 1. The quantitative estimate of drug-likeness (QED) is 0.743. The lowest BCUT2D eigenvalue weighted by Crippen LogP contribution is -2.45. The number of hydrogen-bond acceptors (Lipinski definition) is 4. The van der Waals surface area contributed by atoms with Crippen LogP contribution in [0.5, 0.6) is 5.88 Å². The maximum atomic E-state index is 12.6. The molecule has 3 amide bonds. The zero-order valence-corrected chi connectivity index (χ0v) is 13.2. The van der Waals surface area contributed by atoms with Crippen molar-refractivity contribution < 1.29 is 14.4 Å². The summed E-state index contributed by atoms with van der Waals surface area (Å²) in [6.45, 7) is 0. The van der Waals surface area contributed by atoms with Crippen LogP contribution >= 0.6 is 0 Å². The number of nitrogens with zero attached hydrogens (tertiary/aromatic N) is 2. The number of para-hydroxylation sites is 1. The fourth-order valence-electron chi connectivity index (χ4n) is 2.08. The molecule has 1 aromatic heterocycles. The van der Waals surface area contributed by atoms with Gasteiger partial charge in [-0.1, -0.05) is 42.5 Å². The number of hydrogen-bond donors (Lipinski definition) is 1. The second-order valence-corrected chi connectivity index (χ2v) is 5.01. The molecule has 3 rings (SSSR count). The number of pyridine rings is 1. The fourth-order valence-corrected chi connectivity index (χ4v) is 2.08. The molecule has 0 aliphatic heterocycles. The van der Waals surface area contributed by atoms with E-state index in [0.29, 0.717) is 11.3 Å². The minimum absolute atomic E-state index is 0.230. The molecule has 0 aliphatic carbocycles. The average Bonchev–Trinajstić information content (AvgIpc) is 2.68. The average molecular weight is 333 g/mol. The summed E-state index contributed by atoms with van der Waals surface area (Å²) >= 11 is 0. The van der Waals surface area contributed by atoms with Crippen LogP contribution in [0, 0.1) is 0 Å². The Morgan fingerprint density at radius 3 is 2.12 bits per heavy atom. The van der Waals surface area contributed by atoms with Crippen LogP contribution in [0.3, 0.4) is 0 Å². The van der Waals surface area contributed by atoms with Crippen LogP contribution in [0.1, 0.15) is 10.4 Å². The second-order valence-electron chi connectivity index (χ2n) is 5.01. The van der Waals surface area contributed by atoms with Crippen LogP contribution in [-0.4, -0.2) is 16.9 Å². The predicted molar refractivity (Wildman–Crippen MR) is 93.1 cm³/mol. The van der Waals surface area contributed by atoms with Gasteiger partial charge in [0.1, 0.15) is 0 Å². The summed E-state index contributed by atoms with van der Waals surface area (Å²) in [4.78, 5) is 34.4. The Morgan fingerprint density at radius 2 is 1.48 bits per heavy atom. The van der Waals surface area contributed by atoms with Gasteiger partial charge in [-0.15, -0.1) is 5.06 Å². The summed E-state index contributed by atoms with van der Waals surface area (Å²) in [6, 6.07) is 21.6. The van der Waals surface area contributed by atoms with E-state index in [9.17, 15) is 9.59 Å². The van der Waals surface area contributed by atoms with E-state index in [0.717, 1.165) is 5.06 Å². The lowest BCUT2D eigenvalue weighted by atomic mass is 10.2. The normalized spacial score (nSPS) is 9.92. The Bertz CT molecular complexity index is 840. The molecule has 0 atom stereocenters. The Hall–Kier alpha value is -3.67. The van der Waals surface area contributed by atoms with Gasteiger partial charge in [0.05, 0.1) is 5.69 Å². The molecular formula is C19H15N3O3. The minimum Gasteiger partial charge on any atom is -0.350 e. The van der Waals surface area contributed by atoms with E-state index in [1.807, 2.05) is 6.07 Å². The first-order valence-corrected chi connectivity index (χ1v) is 7.58. The summed E-state index contributed by atoms with van der Waals surface area (Å²) < 4.78 is 0. The summed E-state index contributed by atoms with van der Waals surface area (Å²) in [7, 11) is 0. The highest BCUT2D eigenvalue weighted by Gasteiger charge is 2.21. The highest BCUT2D eigenvalue weighted by molar-refractivity contribution is 6.08. The number of carbonyl (C=O) groups excluding carboxylic acids is 2. The summed E-state index contributed by atoms with van der Waals surface area (Å²) in [5.74, 6) is -0.287. The maximum absolute atomic E-state index is 12.6. The van der Waals surface area contributed by atoms with E-state index in [1.54, 1.807) is 79.0 Å². The zero-order chi connectivity index (χ0) is 17.5. The highest BCUT2D eigenvalue weighted by Crippen LogP contribution is 2.16. The number of carbonyl (C=O) groups is 2. The molecule has 124 valence electrons. The minimum atomic E-state index is -0.717. The van der Waals surface area contributed by atoms with Crippen molar-refractivity contribution in [2.45, 2.75) is 0 Å². The molecule has 1 N–H and O–H groups in total. The van der Waals surface area contributed by atoms with Gasteiger partial charge in [0.2, 0.25) is 5.88 Å². The van der Waals surface area contributed by atoms with Crippen LogP contribution in [-0.2, 0) is 0 Å². The molecular weight excluding hydrogens is 318 g/mol. The van der Waals surface area contributed by atoms with Crippen molar-refractivity contribution >= 4 is 17.6 Å². The van der Waals surface area contributed by atoms with Crippen molar-refractivity contribution in [2.24, 2.45) is 0 Å². The largest absolute Gasteiger partial charge is 0.362 e. The van der Waals surface area contributed by atoms with E-state index in [-0.39, 0.29) is 5.88 Å². The molecule has 0 spiro atoms. The smallest absolute Gasteiger partial charge is 0.350 e. The SMILES string of the molecule is O=C(NC(=O)N(Oc1ccccn1)c1ccccc1)c1ccccc1. The molecule has 0 unspecified atom stereocenters. The summed E-state index contributed by atoms with van der Waals surface area (Å²) in [6.07, 6.45) is 1.55. The number of nitrogens with one attached hydrogen (secondary N) is 1. The number of rotatable bonds is 4. The number of hydroxylamine groups is 1. The van der Waals surface area contributed by atoms with E-state index < -0.39 is 11.9 Å². The molecule has 6 nitrogen and oxygen atoms in total. The number of imide groups is 1. The molecule has 3 aromatic rings. The van der Waals surface area contributed by atoms with Crippen molar-refractivity contribution in [3.05, 3.63) is 90.6 Å². The molecule has 0 radical (unpaired) electrons. The molecule has 6 heteroatoms. The number of anilines is 1. The Kier molecular flexibility index (Phi) is 5.01. The third-order valence-corrected chi connectivity index (χ3v) is 3.25. The highest BCUT2D eigenvalue weighted by atomic mass is 16.7. The topological polar surface area (TPSA) is 71.5 Å². The Morgan fingerprint density at radius 1 is 0.840 bits per heavy atom. The van der Waals surface area contributed by atoms with E-state index in [2.05, 4.69) is 10.3 Å². The fraction of sp³-hybridized carbons (Fsp3) is 0. The third kappa shape index (κ3) is 4.20. The van der Waals surface area contributed by atoms with Crippen molar-refractivity contribution in [3.8, 4) is 5.88 Å². The van der Waals surface area contributed by atoms with Gasteiger partial charge in [0.25, 0.3) is 5.91 Å². The number of aromatic nitrogens is 1. The van der Waals surface area contributed by atoms with Gasteiger partial charge in [-0.25, -0.2) is 9.78 Å². The molecule has 0 saturated carbocycles. The lowest BCUT2D eigenvalue weighted by molar-refractivity contribution is 0.0959. The first-order valence-electron chi connectivity index (χ1n) is 7.58. The van der Waals surface area contributed by atoms with Crippen molar-refractivity contribution in [2.75, 3.05) is 5.06 Å². The second kappa shape index (κ2) is 7.74. The Labute approximate surface area is 144 Å². The lowest BCUT2D eigenvalue weighted by Gasteiger charge is -2.21. The van der Waals surface area contributed by atoms with Crippen LogP contribution < -0.4 is 15.2 Å². The van der Waals surface area contributed by atoms with Gasteiger partial charge in [-0.05, 0) is 30.3 Å². The van der Waals surface area contributed by atoms with Gasteiger partial charge in [0, 0.05) is 17.8 Å². The van der Waals surface area contributed by atoms with Crippen LogP contribution in [0.2, 0.25) is 0 Å². The molecule has 0 bridgehead atoms. The molecule has 0 fully saturated rings. The molecule has 25 heavy (non-hydrogen) atoms. The van der Waals surface area contributed by atoms with Crippen molar-refractivity contribution in [1.29, 1.82) is 0 Å². The predicted octanol–water partition coefficient (Wildman–Crippen LogP) is 3.43. The molecule has 1 heterocycles. The number of amides is 3. The monoisotopic (exact) mass is 333 g/mol. The summed E-state index contributed by atoms with van der Waals surface area (Å²) in [5, 5.41) is 3.30. The summed E-state index contributed by atoms with van der Waals surface area (Å²) in [5.41, 5.74) is 0.841. The van der Waals surface area contributed by atoms with Crippen molar-refractivity contribution in [3.63, 3.8) is 0 Å². The van der Waals surface area contributed by atoms with Crippen molar-refractivity contribution in [1.82, 2.24) is 10.3 Å². The molecule has 0 saturated heterocycles. The van der Waals surface area contributed by atoms with Gasteiger partial charge >= 0.3 is 6.03 Å². The Balaban J connectivity index is 1.81. The van der Waals surface area contributed by atoms with E-state index in [4.69, 9.17) is 4.84 Å². The van der Waals surface area contributed by atoms with Gasteiger partial charge in [-0.2, -0.15) is 0 Å². The maximum Gasteiger partial charge on any atom is 0.362 e. The zero-order valence-electron chi connectivity index (χ0n) is 13.2. The van der Waals surface area contributed by atoms with E-state index in [1.165, 1.54) is 0 Å². The van der Waals surface area contributed by atoms with Gasteiger partial charge < -0.3 is 4.84 Å². The van der Waals surface area contributed by atoms with Crippen LogP contribution in [0.25, 0.3) is 0 Å².